The van der Waals surface area contributed by atoms with E-state index in [-0.39, 0.29) is 29.7 Å². The van der Waals surface area contributed by atoms with Crippen LogP contribution in [0.3, 0.4) is 0 Å². The fraction of sp³-hybridized carbons (Fsp3) is 0.302. The first-order valence-corrected chi connectivity index (χ1v) is 25.8. The Morgan fingerprint density at radius 1 is 0.791 bits per heavy atom. The van der Waals surface area contributed by atoms with Gasteiger partial charge in [0.05, 0.1) is 27.8 Å². The Hall–Kier alpha value is -6.87. The third-order valence-electron chi connectivity index (χ3n) is 14.2. The topological polar surface area (TPSA) is 122 Å². The number of hydrogen-bond acceptors (Lipinski definition) is 8. The minimum atomic E-state index is -2.17. The second kappa shape index (κ2) is 17.1. The minimum absolute atomic E-state index is 0.0162. The normalized spacial score (nSPS) is 16.6. The van der Waals surface area contributed by atoms with Gasteiger partial charge in [0.25, 0.3) is 11.8 Å². The molecule has 2 aromatic heterocycles. The summed E-state index contributed by atoms with van der Waals surface area (Å²) in [5.74, 6) is 1.27. The number of hydrogen-bond donors (Lipinski definition) is 1. The number of fused-ring (bicyclic) bond motifs is 4. The molecule has 0 bridgehead atoms. The van der Waals surface area contributed by atoms with E-state index in [1.165, 1.54) is 11.8 Å². The van der Waals surface area contributed by atoms with Gasteiger partial charge in [0.2, 0.25) is 15.1 Å². The molecule has 344 valence electrons. The highest BCUT2D eigenvalue weighted by molar-refractivity contribution is 6.74. The lowest BCUT2D eigenvalue weighted by Crippen LogP contribution is -2.53. The Morgan fingerprint density at radius 2 is 1.48 bits per heavy atom. The number of piperazine rings is 1. The fourth-order valence-corrected chi connectivity index (χ4v) is 10.4. The number of ether oxygens (including phenoxy) is 2. The second-order valence-electron chi connectivity index (χ2n) is 19.5. The summed E-state index contributed by atoms with van der Waals surface area (Å²) < 4.78 is 21.6. The van der Waals surface area contributed by atoms with Crippen LogP contribution >= 0.6 is 0 Å². The summed E-state index contributed by atoms with van der Waals surface area (Å²) >= 11 is 0. The molecule has 3 aliphatic heterocycles. The van der Waals surface area contributed by atoms with Crippen molar-refractivity contribution in [2.24, 2.45) is 0 Å². The first-order valence-electron chi connectivity index (χ1n) is 22.9. The first kappa shape index (κ1) is 44.0. The highest BCUT2D eigenvalue weighted by atomic mass is 28.4. The number of rotatable bonds is 9. The van der Waals surface area contributed by atoms with Crippen LogP contribution in [0.15, 0.2) is 122 Å². The molecule has 2 amide bonds. The molecule has 14 heteroatoms. The van der Waals surface area contributed by atoms with Crippen LogP contribution in [0.2, 0.25) is 18.1 Å². The quantitative estimate of drug-likeness (QED) is 0.141. The zero-order valence-electron chi connectivity index (χ0n) is 38.9. The Bertz CT molecular complexity index is 3050. The Kier molecular flexibility index (Phi) is 11.2. The standard InChI is InChI=1S/C53H56N6O7Si/c1-53(2,3)67(5,6)66-41-18-15-38(16-19-41)59(39-17-20-45-36(28-39)21-22-56(45)52(62)63)51(61)44-33-58(46-14-10-9-13-42(44)46)47-30-49-48(64-34-65-49)29-43(47)50(60)57-31-37-12-8-7-11-35(37)27-40(57)32-55-25-23-54(4)24-26-55/h7-22,28-30,33,40H,23-27,31-32,34H2,1-6H3,(H,62,63)/t40-/m0/s1. The molecular formula is C53H56N6O7Si. The fourth-order valence-electron chi connectivity index (χ4n) is 9.37. The summed E-state index contributed by atoms with van der Waals surface area (Å²) in [6.45, 7) is 16.1. The number of benzene rings is 5. The number of carbonyl (C=O) groups is 3. The molecule has 7 aromatic rings. The molecule has 5 heterocycles. The molecule has 10 rings (SSSR count). The molecule has 5 aromatic carbocycles. The molecular weight excluding hydrogens is 861 g/mol. The summed E-state index contributed by atoms with van der Waals surface area (Å²) in [6, 6.07) is 34.3. The van der Waals surface area contributed by atoms with Crippen molar-refractivity contribution in [3.05, 3.63) is 144 Å². The maximum absolute atomic E-state index is 15.6. The van der Waals surface area contributed by atoms with Crippen LogP contribution in [0.1, 0.15) is 52.6 Å². The smallest absolute Gasteiger partial charge is 0.415 e. The number of para-hydroxylation sites is 1. The number of amides is 2. The monoisotopic (exact) mass is 916 g/mol. The van der Waals surface area contributed by atoms with E-state index in [1.807, 2.05) is 82.4 Å². The summed E-state index contributed by atoms with van der Waals surface area (Å²) in [7, 11) is -0.0207. The molecule has 1 fully saturated rings. The van der Waals surface area contributed by atoms with Crippen molar-refractivity contribution < 1.29 is 33.4 Å². The molecule has 0 radical (unpaired) electrons. The number of anilines is 2. The van der Waals surface area contributed by atoms with Gasteiger partial charge in [-0.15, -0.1) is 0 Å². The lowest BCUT2D eigenvalue weighted by atomic mass is 9.92. The predicted molar refractivity (Wildman–Crippen MR) is 263 cm³/mol. The van der Waals surface area contributed by atoms with Crippen LogP contribution in [0.4, 0.5) is 16.2 Å². The van der Waals surface area contributed by atoms with Crippen LogP contribution in [-0.2, 0) is 13.0 Å². The van der Waals surface area contributed by atoms with Gasteiger partial charge in [-0.3, -0.25) is 24.0 Å². The van der Waals surface area contributed by atoms with Gasteiger partial charge in [-0.05, 0) is 103 Å². The van der Waals surface area contributed by atoms with Gasteiger partial charge in [0, 0.05) is 85.9 Å². The predicted octanol–water partition coefficient (Wildman–Crippen LogP) is 10.0. The van der Waals surface area contributed by atoms with Crippen molar-refractivity contribution in [2.45, 2.75) is 57.9 Å². The molecule has 67 heavy (non-hydrogen) atoms. The van der Waals surface area contributed by atoms with E-state index in [0.717, 1.165) is 60.5 Å². The molecule has 1 atom stereocenters. The van der Waals surface area contributed by atoms with E-state index in [2.05, 4.69) is 68.9 Å². The average Bonchev–Trinajstić information content (AvgIpc) is 4.06. The van der Waals surface area contributed by atoms with E-state index >= 15 is 9.59 Å². The maximum Gasteiger partial charge on any atom is 0.415 e. The third kappa shape index (κ3) is 8.23. The van der Waals surface area contributed by atoms with E-state index < -0.39 is 14.4 Å². The Balaban J connectivity index is 1.08. The highest BCUT2D eigenvalue weighted by Crippen LogP contribution is 2.42. The van der Waals surface area contributed by atoms with E-state index in [1.54, 1.807) is 29.2 Å². The SMILES string of the molecule is CN1CCN(C[C@@H]2Cc3ccccc3CN2C(=O)c2cc3c(cc2-n2cc(C(=O)N(c4ccc(O[Si](C)(C)C(C)(C)C)cc4)c4ccc5c(ccn5C(=O)O)c4)c4ccccc42)OCO3)CC1. The van der Waals surface area contributed by atoms with Crippen LogP contribution in [-0.4, -0.2) is 108 Å². The largest absolute Gasteiger partial charge is 0.544 e. The summed E-state index contributed by atoms with van der Waals surface area (Å²) in [4.78, 5) is 51.6. The average molecular weight is 917 g/mol. The van der Waals surface area contributed by atoms with E-state index in [9.17, 15) is 9.90 Å². The molecule has 0 saturated carbocycles. The summed E-state index contributed by atoms with van der Waals surface area (Å²) in [6.07, 6.45) is 2.96. The zero-order valence-corrected chi connectivity index (χ0v) is 39.9. The lowest BCUT2D eigenvalue weighted by Gasteiger charge is -2.41. The second-order valence-corrected chi connectivity index (χ2v) is 24.2. The highest BCUT2D eigenvalue weighted by Gasteiger charge is 2.39. The van der Waals surface area contributed by atoms with Crippen LogP contribution in [0.25, 0.3) is 27.5 Å². The number of nitrogens with zero attached hydrogens (tertiary/aromatic N) is 6. The number of likely N-dealkylation sites (N-methyl/N-ethyl adjacent to an activating group) is 1. The zero-order chi connectivity index (χ0) is 46.8. The van der Waals surface area contributed by atoms with Crippen molar-refractivity contribution in [1.29, 1.82) is 0 Å². The minimum Gasteiger partial charge on any atom is -0.544 e. The van der Waals surface area contributed by atoms with Gasteiger partial charge >= 0.3 is 6.09 Å². The van der Waals surface area contributed by atoms with Crippen LogP contribution in [0, 0.1) is 0 Å². The van der Waals surface area contributed by atoms with E-state index in [0.29, 0.717) is 62.5 Å². The molecule has 1 N–H and O–H groups in total. The Morgan fingerprint density at radius 3 is 2.21 bits per heavy atom. The summed E-state index contributed by atoms with van der Waals surface area (Å²) in [5.41, 5.74) is 6.16. The van der Waals surface area contributed by atoms with E-state index in [4.69, 9.17) is 13.9 Å². The van der Waals surface area contributed by atoms with Gasteiger partial charge in [-0.1, -0.05) is 63.2 Å². The van der Waals surface area contributed by atoms with Crippen molar-refractivity contribution in [3.63, 3.8) is 0 Å². The molecule has 3 aliphatic rings. The molecule has 0 spiro atoms. The number of carbonyl (C=O) groups excluding carboxylic acids is 2. The van der Waals surface area contributed by atoms with Crippen LogP contribution < -0.4 is 18.8 Å². The molecule has 0 aliphatic carbocycles. The number of aromatic nitrogens is 2. The van der Waals surface area contributed by atoms with Crippen molar-refractivity contribution in [3.8, 4) is 22.9 Å². The molecule has 13 nitrogen and oxygen atoms in total. The van der Waals surface area contributed by atoms with Gasteiger partial charge in [0.1, 0.15) is 5.75 Å². The van der Waals surface area contributed by atoms with Crippen molar-refractivity contribution in [2.75, 3.05) is 51.5 Å². The molecule has 0 unspecified atom stereocenters. The number of carboxylic acid groups (broad SMARTS) is 1. The maximum atomic E-state index is 15.6. The Labute approximate surface area is 391 Å². The molecule has 1 saturated heterocycles. The lowest BCUT2D eigenvalue weighted by molar-refractivity contribution is 0.0535. The van der Waals surface area contributed by atoms with Gasteiger partial charge in [-0.25, -0.2) is 4.79 Å². The third-order valence-corrected chi connectivity index (χ3v) is 18.6. The first-order chi connectivity index (χ1) is 32.1. The summed E-state index contributed by atoms with van der Waals surface area (Å²) in [5, 5.41) is 11.2. The van der Waals surface area contributed by atoms with Gasteiger partial charge < -0.3 is 33.4 Å². The van der Waals surface area contributed by atoms with Crippen molar-refractivity contribution in [1.82, 2.24) is 23.8 Å². The van der Waals surface area contributed by atoms with Crippen molar-refractivity contribution >= 4 is 59.4 Å². The van der Waals surface area contributed by atoms with Gasteiger partial charge in [-0.2, -0.15) is 0 Å². The van der Waals surface area contributed by atoms with Crippen LogP contribution in [0.5, 0.6) is 17.2 Å². The van der Waals surface area contributed by atoms with Gasteiger partial charge in [0.15, 0.2) is 11.5 Å².